The molecular weight excluding hydrogens is 462 g/mol. The minimum absolute atomic E-state index is 0.925. The third kappa shape index (κ3) is 6.39. The lowest BCUT2D eigenvalue weighted by molar-refractivity contribution is 1.05. The minimum Gasteiger partial charge on any atom is -0.355 e. The van der Waals surface area contributed by atoms with E-state index in [0.29, 0.717) is 0 Å². The van der Waals surface area contributed by atoms with Crippen LogP contribution in [0.2, 0.25) is 0 Å². The van der Waals surface area contributed by atoms with Gasteiger partial charge in [0.25, 0.3) is 0 Å². The van der Waals surface area contributed by atoms with Crippen LogP contribution in [0.5, 0.6) is 0 Å². The van der Waals surface area contributed by atoms with E-state index >= 15 is 0 Å². The number of nitrogens with one attached hydrogen (secondary N) is 1. The average Bonchev–Trinajstić information content (AvgIpc) is 2.95. The molecule has 0 saturated heterocycles. The molecule has 0 spiro atoms. The van der Waals surface area contributed by atoms with Gasteiger partial charge in [-0.1, -0.05) is 63.6 Å². The molecule has 1 N–H and O–H groups in total. The van der Waals surface area contributed by atoms with Crippen LogP contribution in [0.3, 0.4) is 0 Å². The Bertz CT molecular complexity index is 1420. The summed E-state index contributed by atoms with van der Waals surface area (Å²) in [6.45, 7) is 11.0. The minimum atomic E-state index is 0.925. The first-order valence-corrected chi connectivity index (χ1v) is 14.0. The number of nitrogens with zero attached hydrogens (tertiary/aromatic N) is 2. The Balaban J connectivity index is 1.56. The van der Waals surface area contributed by atoms with E-state index < -0.39 is 0 Å². The van der Waals surface area contributed by atoms with Crippen LogP contribution in [0.15, 0.2) is 88.4 Å². The molecule has 0 aromatic heterocycles. The second-order valence-electron chi connectivity index (χ2n) is 9.97. The molecule has 0 bridgehead atoms. The number of hydrogen-bond donors (Lipinski definition) is 1. The quantitative estimate of drug-likeness (QED) is 0.290. The highest BCUT2D eigenvalue weighted by Gasteiger charge is 2.11. The Labute approximate surface area is 229 Å². The molecule has 1 aliphatic rings. The van der Waals surface area contributed by atoms with Crippen LogP contribution < -0.4 is 5.32 Å². The maximum Gasteiger partial charge on any atom is 0.0668 e. The zero-order chi connectivity index (χ0) is 27.1. The fourth-order valence-corrected chi connectivity index (χ4v) is 5.14. The normalized spacial score (nSPS) is 15.3. The Morgan fingerprint density at radius 1 is 0.711 bits per heavy atom. The predicted octanol–water partition coefficient (Wildman–Crippen LogP) is 9.07. The lowest BCUT2D eigenvalue weighted by Crippen LogP contribution is -2.07. The largest absolute Gasteiger partial charge is 0.355 e. The van der Waals surface area contributed by atoms with E-state index in [2.05, 4.69) is 118 Å². The number of aryl methyl sites for hydroxylation is 4. The van der Waals surface area contributed by atoms with Gasteiger partial charge in [0.1, 0.15) is 0 Å². The summed E-state index contributed by atoms with van der Waals surface area (Å²) in [5.74, 6) is 0. The highest BCUT2D eigenvalue weighted by atomic mass is 14.9. The third-order valence-corrected chi connectivity index (χ3v) is 7.36. The van der Waals surface area contributed by atoms with E-state index in [1.165, 1.54) is 44.6 Å². The number of aliphatic imine (C=N–C) groups is 2. The Morgan fingerprint density at radius 2 is 1.50 bits per heavy atom. The molecule has 0 aliphatic heterocycles. The molecule has 38 heavy (non-hydrogen) atoms. The second-order valence-corrected chi connectivity index (χ2v) is 9.97. The summed E-state index contributed by atoms with van der Waals surface area (Å²) in [5, 5.41) is 3.66. The molecule has 3 heteroatoms. The SMILES string of the molecule is CCC1=CC(=Nc2ccc(Cc3ccc(Nc4ccc(C)cc4CC)cc3CC)cc2CC)C=CC1=NC. The molecule has 0 radical (unpaired) electrons. The first-order valence-electron chi connectivity index (χ1n) is 14.0. The van der Waals surface area contributed by atoms with Crippen LogP contribution in [0.25, 0.3) is 0 Å². The van der Waals surface area contributed by atoms with Crippen molar-refractivity contribution < 1.29 is 0 Å². The van der Waals surface area contributed by atoms with Crippen LogP contribution in [-0.4, -0.2) is 18.5 Å². The molecule has 3 nitrogen and oxygen atoms in total. The summed E-state index contributed by atoms with van der Waals surface area (Å²) < 4.78 is 0. The second kappa shape index (κ2) is 12.7. The number of benzene rings is 3. The summed E-state index contributed by atoms with van der Waals surface area (Å²) in [6, 6.07) is 20.2. The van der Waals surface area contributed by atoms with Crippen molar-refractivity contribution in [3.05, 3.63) is 112 Å². The molecule has 3 aromatic rings. The highest BCUT2D eigenvalue weighted by Crippen LogP contribution is 2.28. The van der Waals surface area contributed by atoms with Crippen molar-refractivity contribution in [1.82, 2.24) is 0 Å². The average molecular weight is 504 g/mol. The lowest BCUT2D eigenvalue weighted by Gasteiger charge is -2.16. The molecule has 0 saturated carbocycles. The number of rotatable bonds is 9. The number of allylic oxidation sites excluding steroid dienone is 4. The Hall–Kier alpha value is -3.72. The topological polar surface area (TPSA) is 36.8 Å². The van der Waals surface area contributed by atoms with Crippen LogP contribution >= 0.6 is 0 Å². The van der Waals surface area contributed by atoms with Gasteiger partial charge in [-0.25, -0.2) is 4.99 Å². The van der Waals surface area contributed by atoms with Gasteiger partial charge in [0, 0.05) is 18.4 Å². The van der Waals surface area contributed by atoms with Gasteiger partial charge in [0.15, 0.2) is 0 Å². The first kappa shape index (κ1) is 27.3. The molecule has 196 valence electrons. The van der Waals surface area contributed by atoms with Crippen molar-refractivity contribution in [3.63, 3.8) is 0 Å². The molecular formula is C35H41N3. The standard InChI is InChI=1S/C35H41N3/c1-7-26-22-31(37-34-16-11-24(5)19-27(34)8-2)14-13-30(26)21-25-12-17-35(28(9-3)20-25)38-32-15-18-33(36-6)29(10-4)23-32/h11-20,22-23,37H,7-10,21H2,1-6H3. The molecule has 0 heterocycles. The molecule has 0 atom stereocenters. The van der Waals surface area contributed by atoms with E-state index in [0.717, 1.165) is 54.9 Å². The number of anilines is 2. The fraction of sp³-hybridized carbons (Fsp3) is 0.314. The number of hydrogen-bond acceptors (Lipinski definition) is 3. The highest BCUT2D eigenvalue weighted by molar-refractivity contribution is 6.21. The molecule has 3 aromatic carbocycles. The van der Waals surface area contributed by atoms with Gasteiger partial charge >= 0.3 is 0 Å². The van der Waals surface area contributed by atoms with Crippen molar-refractivity contribution in [1.29, 1.82) is 0 Å². The zero-order valence-electron chi connectivity index (χ0n) is 23.9. The zero-order valence-corrected chi connectivity index (χ0v) is 23.9. The van der Waals surface area contributed by atoms with Gasteiger partial charge in [0.2, 0.25) is 0 Å². The van der Waals surface area contributed by atoms with Crippen molar-refractivity contribution in [2.75, 3.05) is 12.4 Å². The summed E-state index contributed by atoms with van der Waals surface area (Å²) >= 11 is 0. The molecule has 0 amide bonds. The summed E-state index contributed by atoms with van der Waals surface area (Å²) in [7, 11) is 1.85. The van der Waals surface area contributed by atoms with Crippen LogP contribution in [0.4, 0.5) is 17.1 Å². The molecule has 0 fully saturated rings. The van der Waals surface area contributed by atoms with Gasteiger partial charge < -0.3 is 5.32 Å². The Kier molecular flexibility index (Phi) is 9.12. The molecule has 1 aliphatic carbocycles. The first-order chi connectivity index (χ1) is 18.5. The summed E-state index contributed by atoms with van der Waals surface area (Å²) in [6.07, 6.45) is 11.2. The molecule has 0 unspecified atom stereocenters. The molecule has 4 rings (SSSR count). The van der Waals surface area contributed by atoms with E-state index in [4.69, 9.17) is 4.99 Å². The van der Waals surface area contributed by atoms with Crippen molar-refractivity contribution in [2.45, 2.75) is 66.7 Å². The van der Waals surface area contributed by atoms with E-state index in [-0.39, 0.29) is 0 Å². The summed E-state index contributed by atoms with van der Waals surface area (Å²) in [4.78, 5) is 9.38. The lowest BCUT2D eigenvalue weighted by atomic mass is 9.95. The maximum atomic E-state index is 5.00. The third-order valence-electron chi connectivity index (χ3n) is 7.36. The van der Waals surface area contributed by atoms with E-state index in [9.17, 15) is 0 Å². The van der Waals surface area contributed by atoms with Gasteiger partial charge in [-0.3, -0.25) is 4.99 Å². The Morgan fingerprint density at radius 3 is 2.21 bits per heavy atom. The van der Waals surface area contributed by atoms with Gasteiger partial charge in [-0.2, -0.15) is 0 Å². The van der Waals surface area contributed by atoms with Crippen LogP contribution in [0.1, 0.15) is 67.5 Å². The fourth-order valence-electron chi connectivity index (χ4n) is 5.14. The van der Waals surface area contributed by atoms with Gasteiger partial charge in [-0.05, 0) is 115 Å². The smallest absolute Gasteiger partial charge is 0.0668 e. The van der Waals surface area contributed by atoms with Crippen molar-refractivity contribution >= 4 is 28.5 Å². The van der Waals surface area contributed by atoms with Crippen molar-refractivity contribution in [2.24, 2.45) is 9.98 Å². The maximum absolute atomic E-state index is 5.00. The van der Waals surface area contributed by atoms with E-state index in [1.807, 2.05) is 7.05 Å². The van der Waals surface area contributed by atoms with Gasteiger partial charge in [0.05, 0.1) is 17.1 Å². The van der Waals surface area contributed by atoms with Crippen LogP contribution in [-0.2, 0) is 25.7 Å². The monoisotopic (exact) mass is 503 g/mol. The van der Waals surface area contributed by atoms with Crippen LogP contribution in [0, 0.1) is 6.92 Å². The van der Waals surface area contributed by atoms with Crippen molar-refractivity contribution in [3.8, 4) is 0 Å². The summed E-state index contributed by atoms with van der Waals surface area (Å²) in [5.41, 5.74) is 14.7. The van der Waals surface area contributed by atoms with E-state index in [1.54, 1.807) is 0 Å². The van der Waals surface area contributed by atoms with Gasteiger partial charge in [-0.15, -0.1) is 0 Å². The predicted molar refractivity (Wildman–Crippen MR) is 166 cm³/mol.